The number of anilines is 1. The van der Waals surface area contributed by atoms with Gasteiger partial charge in [0.1, 0.15) is 0 Å². The molecule has 0 amide bonds. The number of nitrogens with zero attached hydrogens (tertiary/aromatic N) is 4. The molecule has 1 heterocycles. The Morgan fingerprint density at radius 3 is 2.56 bits per heavy atom. The molecular formula is C12H21BrN4O. The van der Waals surface area contributed by atoms with Gasteiger partial charge in [-0.05, 0) is 36.4 Å². The molecule has 1 aromatic heterocycles. The molecule has 0 radical (unpaired) electrons. The highest BCUT2D eigenvalue weighted by Gasteiger charge is 2.12. The summed E-state index contributed by atoms with van der Waals surface area (Å²) in [6, 6.07) is 0. The molecule has 1 aromatic rings. The van der Waals surface area contributed by atoms with Crippen LogP contribution in [-0.2, 0) is 0 Å². The minimum absolute atomic E-state index is 0.575. The third-order valence-electron chi connectivity index (χ3n) is 2.49. The number of ether oxygens (including phenoxy) is 1. The Kier molecular flexibility index (Phi) is 6.35. The quantitative estimate of drug-likeness (QED) is 0.770. The molecule has 0 fully saturated rings. The zero-order valence-electron chi connectivity index (χ0n) is 11.5. The fourth-order valence-electron chi connectivity index (χ4n) is 1.54. The molecule has 0 atom stereocenters. The molecule has 0 saturated heterocycles. The van der Waals surface area contributed by atoms with Crippen molar-refractivity contribution in [3.8, 4) is 5.88 Å². The Labute approximate surface area is 117 Å². The van der Waals surface area contributed by atoms with E-state index in [4.69, 9.17) is 4.74 Å². The van der Waals surface area contributed by atoms with Crippen molar-refractivity contribution in [2.75, 3.05) is 45.7 Å². The smallest absolute Gasteiger partial charge is 0.232 e. The number of methoxy groups -OCH3 is 1. The number of aromatic nitrogens is 2. The number of likely N-dealkylation sites (N-methyl/N-ethyl adjacent to an activating group) is 1. The van der Waals surface area contributed by atoms with Gasteiger partial charge in [0.15, 0.2) is 0 Å². The first-order chi connectivity index (χ1) is 8.58. The molecule has 102 valence electrons. The molecule has 0 spiro atoms. The Morgan fingerprint density at radius 2 is 2.00 bits per heavy atom. The van der Waals surface area contributed by atoms with Crippen LogP contribution in [0.25, 0.3) is 0 Å². The third kappa shape index (κ3) is 4.42. The summed E-state index contributed by atoms with van der Waals surface area (Å²) in [5.41, 5.74) is 0. The monoisotopic (exact) mass is 316 g/mol. The van der Waals surface area contributed by atoms with E-state index in [0.29, 0.717) is 5.88 Å². The maximum Gasteiger partial charge on any atom is 0.232 e. The van der Waals surface area contributed by atoms with Crippen LogP contribution in [0.15, 0.2) is 10.7 Å². The van der Waals surface area contributed by atoms with Crippen LogP contribution in [0.2, 0.25) is 0 Å². The zero-order chi connectivity index (χ0) is 13.5. The molecule has 0 aliphatic carbocycles. The maximum absolute atomic E-state index is 5.20. The average Bonchev–Trinajstić information content (AvgIpc) is 2.35. The predicted molar refractivity (Wildman–Crippen MR) is 77.3 cm³/mol. The van der Waals surface area contributed by atoms with Gasteiger partial charge in [-0.25, -0.2) is 4.98 Å². The van der Waals surface area contributed by atoms with Crippen molar-refractivity contribution in [1.82, 2.24) is 14.9 Å². The minimum atomic E-state index is 0.575. The summed E-state index contributed by atoms with van der Waals surface area (Å²) in [5.74, 6) is 1.30. The Balaban J connectivity index is 2.83. The van der Waals surface area contributed by atoms with Gasteiger partial charge in [0.25, 0.3) is 0 Å². The summed E-state index contributed by atoms with van der Waals surface area (Å²) in [4.78, 5) is 13.1. The number of halogens is 1. The molecular weight excluding hydrogens is 296 g/mol. The molecule has 1 rings (SSSR count). The molecule has 0 saturated carbocycles. The summed E-state index contributed by atoms with van der Waals surface area (Å²) < 4.78 is 5.98. The second kappa shape index (κ2) is 7.53. The van der Waals surface area contributed by atoms with Crippen molar-refractivity contribution in [2.45, 2.75) is 13.3 Å². The van der Waals surface area contributed by atoms with Crippen molar-refractivity contribution in [2.24, 2.45) is 0 Å². The molecule has 0 aliphatic heterocycles. The fourth-order valence-corrected chi connectivity index (χ4v) is 1.89. The van der Waals surface area contributed by atoms with Crippen LogP contribution in [-0.4, -0.2) is 55.7 Å². The van der Waals surface area contributed by atoms with E-state index in [1.807, 2.05) is 0 Å². The highest BCUT2D eigenvalue weighted by atomic mass is 79.9. The highest BCUT2D eigenvalue weighted by Crippen LogP contribution is 2.23. The molecule has 0 bridgehead atoms. The van der Waals surface area contributed by atoms with E-state index in [0.717, 1.165) is 36.5 Å². The Hall–Kier alpha value is -0.880. The molecule has 0 aliphatic rings. The van der Waals surface area contributed by atoms with Gasteiger partial charge in [-0.1, -0.05) is 6.92 Å². The molecule has 0 aromatic carbocycles. The number of hydrogen-bond donors (Lipinski definition) is 0. The van der Waals surface area contributed by atoms with Crippen molar-refractivity contribution in [1.29, 1.82) is 0 Å². The molecule has 5 nitrogen and oxygen atoms in total. The van der Waals surface area contributed by atoms with Gasteiger partial charge in [0, 0.05) is 19.6 Å². The highest BCUT2D eigenvalue weighted by molar-refractivity contribution is 9.10. The van der Waals surface area contributed by atoms with Crippen LogP contribution in [0.1, 0.15) is 13.3 Å². The lowest BCUT2D eigenvalue weighted by molar-refractivity contribution is 0.391. The predicted octanol–water partition coefficient (Wildman–Crippen LogP) is 2.03. The second-order valence-corrected chi connectivity index (χ2v) is 5.17. The van der Waals surface area contributed by atoms with Crippen molar-refractivity contribution >= 4 is 21.9 Å². The summed E-state index contributed by atoms with van der Waals surface area (Å²) in [6.45, 7) is 4.98. The maximum atomic E-state index is 5.20. The normalized spacial score (nSPS) is 10.8. The topological polar surface area (TPSA) is 41.5 Å². The van der Waals surface area contributed by atoms with E-state index in [1.165, 1.54) is 0 Å². The van der Waals surface area contributed by atoms with Crippen LogP contribution in [0.5, 0.6) is 5.88 Å². The second-order valence-electron chi connectivity index (χ2n) is 4.32. The van der Waals surface area contributed by atoms with Gasteiger partial charge in [-0.3, -0.25) is 0 Å². The van der Waals surface area contributed by atoms with Gasteiger partial charge in [-0.15, -0.1) is 0 Å². The summed E-state index contributed by atoms with van der Waals surface area (Å²) in [7, 11) is 5.74. The van der Waals surface area contributed by atoms with Gasteiger partial charge >= 0.3 is 0 Å². The van der Waals surface area contributed by atoms with Crippen molar-refractivity contribution in [3.63, 3.8) is 0 Å². The summed E-state index contributed by atoms with van der Waals surface area (Å²) in [5, 5.41) is 0. The van der Waals surface area contributed by atoms with E-state index in [1.54, 1.807) is 13.3 Å². The fraction of sp³-hybridized carbons (Fsp3) is 0.667. The number of hydrogen-bond acceptors (Lipinski definition) is 5. The van der Waals surface area contributed by atoms with Crippen LogP contribution in [0.3, 0.4) is 0 Å². The van der Waals surface area contributed by atoms with Crippen LogP contribution in [0.4, 0.5) is 5.95 Å². The minimum Gasteiger partial charge on any atom is -0.480 e. The van der Waals surface area contributed by atoms with Crippen molar-refractivity contribution < 1.29 is 4.74 Å². The van der Waals surface area contributed by atoms with E-state index in [-0.39, 0.29) is 0 Å². The Bertz CT molecular complexity index is 373. The lowest BCUT2D eigenvalue weighted by Crippen LogP contribution is -2.33. The van der Waals surface area contributed by atoms with Crippen LogP contribution < -0.4 is 9.64 Å². The zero-order valence-corrected chi connectivity index (χ0v) is 13.1. The summed E-state index contributed by atoms with van der Waals surface area (Å²) in [6.07, 6.45) is 2.80. The molecule has 0 N–H and O–H groups in total. The first-order valence-electron chi connectivity index (χ1n) is 6.04. The standard InChI is InChI=1S/C12H21BrN4O/c1-5-6-17(8-7-16(2)3)12-14-9-10(13)11(15-12)18-4/h9H,5-8H2,1-4H3. The summed E-state index contributed by atoms with van der Waals surface area (Å²) >= 11 is 3.36. The van der Waals surface area contributed by atoms with E-state index < -0.39 is 0 Å². The van der Waals surface area contributed by atoms with Crippen molar-refractivity contribution in [3.05, 3.63) is 10.7 Å². The average molecular weight is 317 g/mol. The van der Waals surface area contributed by atoms with E-state index in [9.17, 15) is 0 Å². The lowest BCUT2D eigenvalue weighted by atomic mass is 10.4. The Morgan fingerprint density at radius 1 is 1.28 bits per heavy atom. The largest absolute Gasteiger partial charge is 0.480 e. The number of rotatable bonds is 7. The first-order valence-corrected chi connectivity index (χ1v) is 6.84. The van der Waals surface area contributed by atoms with E-state index >= 15 is 0 Å². The van der Waals surface area contributed by atoms with Crippen LogP contribution >= 0.6 is 15.9 Å². The van der Waals surface area contributed by atoms with E-state index in [2.05, 4.69) is 56.7 Å². The molecule has 18 heavy (non-hydrogen) atoms. The van der Waals surface area contributed by atoms with Gasteiger partial charge in [0.2, 0.25) is 11.8 Å². The van der Waals surface area contributed by atoms with Gasteiger partial charge < -0.3 is 14.5 Å². The third-order valence-corrected chi connectivity index (χ3v) is 3.03. The SMILES string of the molecule is CCCN(CCN(C)C)c1ncc(Br)c(OC)n1. The molecule has 0 unspecified atom stereocenters. The van der Waals surface area contributed by atoms with Gasteiger partial charge in [-0.2, -0.15) is 4.98 Å². The van der Waals surface area contributed by atoms with Crippen LogP contribution in [0, 0.1) is 0 Å². The molecule has 6 heteroatoms. The lowest BCUT2D eigenvalue weighted by Gasteiger charge is -2.24. The first kappa shape index (κ1) is 15.2. The van der Waals surface area contributed by atoms with Gasteiger partial charge in [0.05, 0.1) is 17.8 Å².